The molecule has 1 atom stereocenters. The molecule has 0 amide bonds. The predicted molar refractivity (Wildman–Crippen MR) is 86.5 cm³/mol. The third-order valence-electron chi connectivity index (χ3n) is 5.26. The molecule has 1 aromatic rings. The molecule has 3 rings (SSSR count). The Morgan fingerprint density at radius 2 is 2.00 bits per heavy atom. The largest absolute Gasteiger partial charge is 0.330 e. The third-order valence-corrected chi connectivity index (χ3v) is 6.56. The average molecular weight is 292 g/mol. The van der Waals surface area contributed by atoms with E-state index in [1.165, 1.54) is 68.5 Å². The maximum Gasteiger partial charge on any atom is 0.0962 e. The molecule has 2 aliphatic rings. The molecule has 0 aromatic carbocycles. The highest BCUT2D eigenvalue weighted by Gasteiger charge is 2.28. The molecule has 0 aliphatic heterocycles. The zero-order chi connectivity index (χ0) is 13.9. The summed E-state index contributed by atoms with van der Waals surface area (Å²) in [5, 5.41) is 1.44. The quantitative estimate of drug-likeness (QED) is 0.881. The van der Waals surface area contributed by atoms with E-state index in [9.17, 15) is 0 Å². The minimum Gasteiger partial charge on any atom is -0.330 e. The van der Waals surface area contributed by atoms with Crippen LogP contribution in [-0.2, 0) is 6.42 Å². The van der Waals surface area contributed by atoms with Crippen molar-refractivity contribution in [2.24, 2.45) is 11.7 Å². The van der Waals surface area contributed by atoms with Crippen LogP contribution in [0.5, 0.6) is 0 Å². The Kier molecular flexibility index (Phi) is 4.77. The van der Waals surface area contributed by atoms with Crippen LogP contribution in [0.15, 0.2) is 0 Å². The SMILES string of the molecule is CCCC1CCC(c2nc3c(s2)CCCC3CN)CC1. The zero-order valence-electron chi connectivity index (χ0n) is 12.7. The summed E-state index contributed by atoms with van der Waals surface area (Å²) in [5.74, 6) is 2.28. The van der Waals surface area contributed by atoms with Gasteiger partial charge >= 0.3 is 0 Å². The number of nitrogens with zero attached hydrogens (tertiary/aromatic N) is 1. The van der Waals surface area contributed by atoms with Gasteiger partial charge in [-0.1, -0.05) is 19.8 Å². The first-order chi connectivity index (χ1) is 9.81. The number of hydrogen-bond donors (Lipinski definition) is 1. The van der Waals surface area contributed by atoms with Crippen LogP contribution < -0.4 is 5.73 Å². The van der Waals surface area contributed by atoms with Gasteiger partial charge in [0.15, 0.2) is 0 Å². The molecule has 2 N–H and O–H groups in total. The summed E-state index contributed by atoms with van der Waals surface area (Å²) in [6.07, 6.45) is 12.1. The maximum atomic E-state index is 5.92. The molecule has 1 saturated carbocycles. The third kappa shape index (κ3) is 2.94. The maximum absolute atomic E-state index is 5.92. The highest BCUT2D eigenvalue weighted by Crippen LogP contribution is 2.42. The molecule has 1 fully saturated rings. The summed E-state index contributed by atoms with van der Waals surface area (Å²) in [5.41, 5.74) is 7.29. The van der Waals surface area contributed by atoms with Gasteiger partial charge in [0.2, 0.25) is 0 Å². The molecule has 20 heavy (non-hydrogen) atoms. The second kappa shape index (κ2) is 6.57. The number of hydrogen-bond acceptors (Lipinski definition) is 3. The van der Waals surface area contributed by atoms with Gasteiger partial charge in [-0.3, -0.25) is 0 Å². The summed E-state index contributed by atoms with van der Waals surface area (Å²) in [4.78, 5) is 6.59. The molecule has 0 spiro atoms. The van der Waals surface area contributed by atoms with Crippen LogP contribution in [0.3, 0.4) is 0 Å². The van der Waals surface area contributed by atoms with Crippen molar-refractivity contribution < 1.29 is 0 Å². The first kappa shape index (κ1) is 14.5. The van der Waals surface area contributed by atoms with Crippen LogP contribution in [-0.4, -0.2) is 11.5 Å². The van der Waals surface area contributed by atoms with Crippen molar-refractivity contribution in [1.82, 2.24) is 4.98 Å². The van der Waals surface area contributed by atoms with Gasteiger partial charge in [-0.15, -0.1) is 11.3 Å². The van der Waals surface area contributed by atoms with E-state index in [-0.39, 0.29) is 0 Å². The Labute approximate surface area is 127 Å². The van der Waals surface area contributed by atoms with E-state index in [2.05, 4.69) is 6.92 Å². The summed E-state index contributed by atoms with van der Waals surface area (Å²) in [6, 6.07) is 0. The monoisotopic (exact) mass is 292 g/mol. The summed E-state index contributed by atoms with van der Waals surface area (Å²) in [7, 11) is 0. The molecule has 1 heterocycles. The highest BCUT2D eigenvalue weighted by atomic mass is 32.1. The van der Waals surface area contributed by atoms with E-state index in [1.807, 2.05) is 11.3 Å². The molecule has 0 bridgehead atoms. The van der Waals surface area contributed by atoms with Gasteiger partial charge in [0.25, 0.3) is 0 Å². The molecular weight excluding hydrogens is 264 g/mol. The average Bonchev–Trinajstić information content (AvgIpc) is 2.92. The van der Waals surface area contributed by atoms with Gasteiger partial charge in [0.05, 0.1) is 10.7 Å². The zero-order valence-corrected chi connectivity index (χ0v) is 13.6. The number of fused-ring (bicyclic) bond motifs is 1. The van der Waals surface area contributed by atoms with Gasteiger partial charge in [-0.05, 0) is 50.9 Å². The second-order valence-electron chi connectivity index (χ2n) is 6.69. The Bertz CT molecular complexity index is 432. The number of thiazole rings is 1. The fourth-order valence-electron chi connectivity index (χ4n) is 4.04. The Morgan fingerprint density at radius 3 is 2.70 bits per heavy atom. The van der Waals surface area contributed by atoms with E-state index in [0.717, 1.165) is 18.4 Å². The number of aromatic nitrogens is 1. The standard InChI is InChI=1S/C17H28N2S/c1-2-4-12-7-9-13(10-8-12)17-19-16-14(11-18)5-3-6-15(16)20-17/h12-14H,2-11,18H2,1H3. The Balaban J connectivity index is 1.68. The normalized spacial score (nSPS) is 30.2. The van der Waals surface area contributed by atoms with Crippen molar-refractivity contribution in [3.63, 3.8) is 0 Å². The summed E-state index contributed by atoms with van der Waals surface area (Å²) < 4.78 is 0. The molecule has 2 aliphatic carbocycles. The molecule has 1 unspecified atom stereocenters. The van der Waals surface area contributed by atoms with Crippen LogP contribution in [0.4, 0.5) is 0 Å². The van der Waals surface area contributed by atoms with Crippen molar-refractivity contribution in [3.05, 3.63) is 15.6 Å². The van der Waals surface area contributed by atoms with E-state index >= 15 is 0 Å². The van der Waals surface area contributed by atoms with Crippen molar-refractivity contribution in [2.45, 2.75) is 76.5 Å². The Morgan fingerprint density at radius 1 is 1.20 bits per heavy atom. The minimum absolute atomic E-state index is 0.542. The van der Waals surface area contributed by atoms with Crippen LogP contribution in [0, 0.1) is 5.92 Å². The van der Waals surface area contributed by atoms with Crippen LogP contribution in [0.1, 0.15) is 85.7 Å². The topological polar surface area (TPSA) is 38.9 Å². The Hall–Kier alpha value is -0.410. The van der Waals surface area contributed by atoms with Crippen molar-refractivity contribution in [2.75, 3.05) is 6.54 Å². The lowest BCUT2D eigenvalue weighted by atomic mass is 9.80. The van der Waals surface area contributed by atoms with Crippen LogP contribution >= 0.6 is 11.3 Å². The fraction of sp³-hybridized carbons (Fsp3) is 0.824. The van der Waals surface area contributed by atoms with Crippen molar-refractivity contribution in [1.29, 1.82) is 0 Å². The first-order valence-electron chi connectivity index (χ1n) is 8.51. The van der Waals surface area contributed by atoms with E-state index in [0.29, 0.717) is 5.92 Å². The van der Waals surface area contributed by atoms with Gasteiger partial charge in [0.1, 0.15) is 0 Å². The highest BCUT2D eigenvalue weighted by molar-refractivity contribution is 7.11. The lowest BCUT2D eigenvalue weighted by Crippen LogP contribution is -2.18. The van der Waals surface area contributed by atoms with Gasteiger partial charge in [-0.25, -0.2) is 4.98 Å². The smallest absolute Gasteiger partial charge is 0.0962 e. The molecule has 3 heteroatoms. The lowest BCUT2D eigenvalue weighted by molar-refractivity contribution is 0.307. The lowest BCUT2D eigenvalue weighted by Gasteiger charge is -2.27. The molecule has 0 radical (unpaired) electrons. The second-order valence-corrected chi connectivity index (χ2v) is 7.81. The fourth-order valence-corrected chi connectivity index (χ4v) is 5.40. The van der Waals surface area contributed by atoms with E-state index in [1.54, 1.807) is 4.88 Å². The van der Waals surface area contributed by atoms with E-state index in [4.69, 9.17) is 10.7 Å². The van der Waals surface area contributed by atoms with Gasteiger partial charge in [-0.2, -0.15) is 0 Å². The number of rotatable bonds is 4. The van der Waals surface area contributed by atoms with Crippen molar-refractivity contribution >= 4 is 11.3 Å². The molecule has 1 aromatic heterocycles. The number of nitrogens with two attached hydrogens (primary N) is 1. The van der Waals surface area contributed by atoms with Crippen molar-refractivity contribution in [3.8, 4) is 0 Å². The van der Waals surface area contributed by atoms with E-state index < -0.39 is 0 Å². The molecule has 112 valence electrons. The van der Waals surface area contributed by atoms with Crippen LogP contribution in [0.2, 0.25) is 0 Å². The predicted octanol–water partition coefficient (Wildman–Crippen LogP) is 4.60. The van der Waals surface area contributed by atoms with Crippen LogP contribution in [0.25, 0.3) is 0 Å². The summed E-state index contributed by atoms with van der Waals surface area (Å²) >= 11 is 2.01. The molecular formula is C17H28N2S. The first-order valence-corrected chi connectivity index (χ1v) is 9.33. The summed E-state index contributed by atoms with van der Waals surface area (Å²) in [6.45, 7) is 3.09. The number of aryl methyl sites for hydroxylation is 1. The molecule has 0 saturated heterocycles. The minimum atomic E-state index is 0.542. The molecule has 2 nitrogen and oxygen atoms in total. The van der Waals surface area contributed by atoms with Gasteiger partial charge in [0, 0.05) is 23.3 Å². The van der Waals surface area contributed by atoms with Gasteiger partial charge < -0.3 is 5.73 Å².